The molecule has 3 aromatic carbocycles. The van der Waals surface area contributed by atoms with Crippen LogP contribution in [0.1, 0.15) is 23.6 Å². The third-order valence-electron chi connectivity index (χ3n) is 4.40. The number of carbonyl (C=O) groups excluding carboxylic acids is 1. The molecule has 156 valence electrons. The summed E-state index contributed by atoms with van der Waals surface area (Å²) in [5.41, 5.74) is 3.35. The third-order valence-corrected chi connectivity index (χ3v) is 5.41. The van der Waals surface area contributed by atoms with Gasteiger partial charge in [0, 0.05) is 11.4 Å². The molecule has 0 aliphatic heterocycles. The molecule has 0 saturated heterocycles. The molecule has 4 nitrogen and oxygen atoms in total. The van der Waals surface area contributed by atoms with E-state index in [1.165, 1.54) is 17.3 Å². The zero-order valence-electron chi connectivity index (χ0n) is 17.2. The largest absolute Gasteiger partial charge is 0.494 e. The quantitative estimate of drug-likeness (QED) is 0.432. The Morgan fingerprint density at radius 2 is 1.47 bits per heavy atom. The van der Waals surface area contributed by atoms with Crippen molar-refractivity contribution in [1.29, 1.82) is 0 Å². The van der Waals surface area contributed by atoms with Gasteiger partial charge in [0.15, 0.2) is 0 Å². The molecule has 30 heavy (non-hydrogen) atoms. The standard InChI is InChI=1S/C25H27NO3S/c1-2-29-23-12-14-24(15-13-23)30-19-25(27)26-16-20-8-10-22(11-9-20)18-28-17-21-6-4-3-5-7-21/h3-15H,2,16-19H2,1H3,(H,26,27). The maximum absolute atomic E-state index is 12.1. The van der Waals surface area contributed by atoms with Crippen molar-refractivity contribution in [2.75, 3.05) is 12.4 Å². The summed E-state index contributed by atoms with van der Waals surface area (Å²) in [6.45, 7) is 4.30. The molecule has 0 heterocycles. The fraction of sp³-hybridized carbons (Fsp3) is 0.240. The minimum absolute atomic E-state index is 0.0177. The van der Waals surface area contributed by atoms with E-state index in [9.17, 15) is 4.79 Å². The van der Waals surface area contributed by atoms with Crippen LogP contribution < -0.4 is 10.1 Å². The summed E-state index contributed by atoms with van der Waals surface area (Å²) in [5.74, 6) is 1.25. The monoisotopic (exact) mass is 421 g/mol. The van der Waals surface area contributed by atoms with Gasteiger partial charge in [-0.1, -0.05) is 54.6 Å². The molecule has 0 aromatic heterocycles. The zero-order valence-corrected chi connectivity index (χ0v) is 18.0. The molecule has 0 bridgehead atoms. The van der Waals surface area contributed by atoms with Crippen molar-refractivity contribution >= 4 is 17.7 Å². The van der Waals surface area contributed by atoms with Crippen LogP contribution in [-0.4, -0.2) is 18.3 Å². The number of amides is 1. The molecule has 0 aliphatic rings. The lowest BCUT2D eigenvalue weighted by atomic mass is 10.1. The number of hydrogen-bond donors (Lipinski definition) is 1. The van der Waals surface area contributed by atoms with Crippen molar-refractivity contribution in [3.05, 3.63) is 95.6 Å². The molecule has 0 saturated carbocycles. The predicted octanol–water partition coefficient (Wildman–Crippen LogP) is 5.21. The molecule has 1 N–H and O–H groups in total. The number of hydrogen-bond acceptors (Lipinski definition) is 4. The van der Waals surface area contributed by atoms with Gasteiger partial charge in [-0.25, -0.2) is 0 Å². The smallest absolute Gasteiger partial charge is 0.230 e. The van der Waals surface area contributed by atoms with Crippen molar-refractivity contribution in [2.24, 2.45) is 0 Å². The summed E-state index contributed by atoms with van der Waals surface area (Å²) in [5, 5.41) is 2.97. The van der Waals surface area contributed by atoms with Crippen molar-refractivity contribution in [1.82, 2.24) is 5.32 Å². The van der Waals surface area contributed by atoms with E-state index in [1.54, 1.807) is 0 Å². The number of benzene rings is 3. The Balaban J connectivity index is 1.35. The Kier molecular flexibility index (Phi) is 8.81. The Morgan fingerprint density at radius 1 is 0.833 bits per heavy atom. The Labute approximate surface area is 182 Å². The minimum Gasteiger partial charge on any atom is -0.494 e. The van der Waals surface area contributed by atoms with E-state index in [2.05, 4.69) is 17.4 Å². The van der Waals surface area contributed by atoms with Gasteiger partial charge in [-0.05, 0) is 47.9 Å². The second-order valence-corrected chi connectivity index (χ2v) is 7.81. The van der Waals surface area contributed by atoms with Gasteiger partial charge in [0.2, 0.25) is 5.91 Å². The van der Waals surface area contributed by atoms with Crippen molar-refractivity contribution in [2.45, 2.75) is 31.6 Å². The van der Waals surface area contributed by atoms with Crippen LogP contribution in [0.3, 0.4) is 0 Å². The number of ether oxygens (including phenoxy) is 2. The van der Waals surface area contributed by atoms with Gasteiger partial charge in [0.05, 0.1) is 25.6 Å². The molecule has 0 fully saturated rings. The normalized spacial score (nSPS) is 10.6. The molecule has 1 amide bonds. The lowest BCUT2D eigenvalue weighted by Crippen LogP contribution is -2.24. The number of thioether (sulfide) groups is 1. The van der Waals surface area contributed by atoms with Gasteiger partial charge in [-0.3, -0.25) is 4.79 Å². The van der Waals surface area contributed by atoms with Crippen LogP contribution in [0.15, 0.2) is 83.8 Å². The van der Waals surface area contributed by atoms with Crippen molar-refractivity contribution in [3.8, 4) is 5.75 Å². The maximum Gasteiger partial charge on any atom is 0.230 e. The maximum atomic E-state index is 12.1. The fourth-order valence-corrected chi connectivity index (χ4v) is 3.54. The summed E-state index contributed by atoms with van der Waals surface area (Å²) < 4.78 is 11.2. The second kappa shape index (κ2) is 12.1. The second-order valence-electron chi connectivity index (χ2n) is 6.76. The topological polar surface area (TPSA) is 47.6 Å². The highest BCUT2D eigenvalue weighted by Gasteiger charge is 2.04. The Hall–Kier alpha value is -2.76. The highest BCUT2D eigenvalue weighted by Crippen LogP contribution is 2.21. The molecule has 0 spiro atoms. The highest BCUT2D eigenvalue weighted by molar-refractivity contribution is 8.00. The lowest BCUT2D eigenvalue weighted by Gasteiger charge is -2.08. The first-order valence-electron chi connectivity index (χ1n) is 10.0. The van der Waals surface area contributed by atoms with Gasteiger partial charge < -0.3 is 14.8 Å². The predicted molar refractivity (Wildman–Crippen MR) is 122 cm³/mol. The summed E-state index contributed by atoms with van der Waals surface area (Å²) in [7, 11) is 0. The fourth-order valence-electron chi connectivity index (χ4n) is 2.81. The van der Waals surface area contributed by atoms with Gasteiger partial charge in [-0.15, -0.1) is 11.8 Å². The summed E-state index contributed by atoms with van der Waals surface area (Å²) in [6, 6.07) is 26.1. The molecule has 3 rings (SSSR count). The van der Waals surface area contributed by atoms with E-state index in [1.807, 2.05) is 73.7 Å². The van der Waals surface area contributed by atoms with E-state index in [-0.39, 0.29) is 5.91 Å². The highest BCUT2D eigenvalue weighted by atomic mass is 32.2. The van der Waals surface area contributed by atoms with Gasteiger partial charge in [0.1, 0.15) is 5.75 Å². The molecular formula is C25H27NO3S. The SMILES string of the molecule is CCOc1ccc(SCC(=O)NCc2ccc(COCc3ccccc3)cc2)cc1. The van der Waals surface area contributed by atoms with Crippen molar-refractivity contribution in [3.63, 3.8) is 0 Å². The molecule has 5 heteroatoms. The summed E-state index contributed by atoms with van der Waals surface area (Å²) in [6.07, 6.45) is 0. The minimum atomic E-state index is 0.0177. The third kappa shape index (κ3) is 7.58. The molecule has 3 aromatic rings. The van der Waals surface area contributed by atoms with Crippen LogP contribution in [0.2, 0.25) is 0 Å². The average Bonchev–Trinajstić information content (AvgIpc) is 2.79. The zero-order chi connectivity index (χ0) is 21.0. The van der Waals surface area contributed by atoms with Crippen molar-refractivity contribution < 1.29 is 14.3 Å². The van der Waals surface area contributed by atoms with Crippen LogP contribution in [-0.2, 0) is 29.3 Å². The van der Waals surface area contributed by atoms with Crippen LogP contribution in [0.25, 0.3) is 0 Å². The molecular weight excluding hydrogens is 394 g/mol. The van der Waals surface area contributed by atoms with Gasteiger partial charge in [-0.2, -0.15) is 0 Å². The van der Waals surface area contributed by atoms with E-state index >= 15 is 0 Å². The van der Waals surface area contributed by atoms with Gasteiger partial charge >= 0.3 is 0 Å². The average molecular weight is 422 g/mol. The van der Waals surface area contributed by atoms with E-state index < -0.39 is 0 Å². The van der Waals surface area contributed by atoms with Gasteiger partial charge in [0.25, 0.3) is 0 Å². The number of nitrogens with one attached hydrogen (secondary N) is 1. The van der Waals surface area contributed by atoms with Crippen LogP contribution in [0.5, 0.6) is 5.75 Å². The molecule has 0 atom stereocenters. The molecule has 0 unspecified atom stereocenters. The lowest BCUT2D eigenvalue weighted by molar-refractivity contribution is -0.118. The Bertz CT molecular complexity index is 896. The van der Waals surface area contributed by atoms with Crippen LogP contribution in [0, 0.1) is 0 Å². The first-order chi connectivity index (χ1) is 14.7. The van der Waals surface area contributed by atoms with E-state index in [0.717, 1.165) is 21.8 Å². The van der Waals surface area contributed by atoms with Crippen LogP contribution >= 0.6 is 11.8 Å². The first-order valence-corrected chi connectivity index (χ1v) is 11.0. The molecule has 0 radical (unpaired) electrons. The molecule has 0 aliphatic carbocycles. The number of carbonyl (C=O) groups is 1. The summed E-state index contributed by atoms with van der Waals surface area (Å²) in [4.78, 5) is 13.2. The van der Waals surface area contributed by atoms with E-state index in [4.69, 9.17) is 9.47 Å². The first kappa shape index (κ1) is 21.9. The number of rotatable bonds is 11. The van der Waals surface area contributed by atoms with E-state index in [0.29, 0.717) is 32.1 Å². The Morgan fingerprint density at radius 3 is 2.13 bits per heavy atom. The van der Waals surface area contributed by atoms with Crippen LogP contribution in [0.4, 0.5) is 0 Å². The summed E-state index contributed by atoms with van der Waals surface area (Å²) >= 11 is 1.52.